The summed E-state index contributed by atoms with van der Waals surface area (Å²) < 4.78 is 0. The van der Waals surface area contributed by atoms with E-state index in [1.165, 1.54) is 103 Å². The molecule has 0 rings (SSSR count). The molecule has 0 spiro atoms. The molecule has 1 amide bonds. The lowest BCUT2D eigenvalue weighted by atomic mass is 10.0. The van der Waals surface area contributed by atoms with Crippen LogP contribution in [-0.2, 0) is 4.79 Å². The lowest BCUT2D eigenvalue weighted by Crippen LogP contribution is -2.45. The van der Waals surface area contributed by atoms with Gasteiger partial charge in [-0.05, 0) is 64.2 Å². The lowest BCUT2D eigenvalue weighted by Gasteiger charge is -2.19. The highest BCUT2D eigenvalue weighted by Crippen LogP contribution is 2.14. The number of unbranched alkanes of at least 4 members (excludes halogenated alkanes) is 20. The number of allylic oxidation sites excluding steroid dienone is 9. The number of nitrogens with one attached hydrogen (secondary N) is 1. The maximum atomic E-state index is 12.3. The van der Waals surface area contributed by atoms with E-state index in [1.807, 2.05) is 6.08 Å². The standard InChI is InChI=1S/C43H77NO3/c1-3-5-7-9-11-13-15-17-18-19-20-21-22-23-24-25-27-28-30-32-34-36-38-42(46)41(40-45)44-43(47)39-37-35-33-31-29-26-16-14-12-10-8-6-4-2/h6,8,12,14,26,28-30,36,38,41-42,45-46H,3-5,7,9-11,13,15-25,27,31-35,37,39-40H2,1-2H3,(H,44,47)/b8-6-,14-12-,29-26-,30-28+,38-36+. The Bertz CT molecular complexity index is 797. The molecule has 47 heavy (non-hydrogen) atoms. The predicted molar refractivity (Wildman–Crippen MR) is 207 cm³/mol. The van der Waals surface area contributed by atoms with Crippen molar-refractivity contribution < 1.29 is 15.0 Å². The summed E-state index contributed by atoms with van der Waals surface area (Å²) in [6, 6.07) is -0.655. The predicted octanol–water partition coefficient (Wildman–Crippen LogP) is 12.2. The average molecular weight is 656 g/mol. The van der Waals surface area contributed by atoms with Gasteiger partial charge >= 0.3 is 0 Å². The van der Waals surface area contributed by atoms with Crippen LogP contribution in [0.3, 0.4) is 0 Å². The molecule has 0 radical (unpaired) electrons. The second kappa shape index (κ2) is 38.5. The van der Waals surface area contributed by atoms with Crippen LogP contribution < -0.4 is 5.32 Å². The molecule has 0 heterocycles. The van der Waals surface area contributed by atoms with E-state index in [-0.39, 0.29) is 12.5 Å². The zero-order valence-electron chi connectivity index (χ0n) is 31.0. The van der Waals surface area contributed by atoms with Crippen molar-refractivity contribution in [1.29, 1.82) is 0 Å². The van der Waals surface area contributed by atoms with E-state index in [4.69, 9.17) is 0 Å². The molecule has 0 aromatic carbocycles. The number of aliphatic hydroxyl groups is 2. The van der Waals surface area contributed by atoms with Crippen LogP contribution in [0, 0.1) is 0 Å². The molecule has 0 aliphatic rings. The van der Waals surface area contributed by atoms with Crippen LogP contribution in [0.2, 0.25) is 0 Å². The van der Waals surface area contributed by atoms with Crippen molar-refractivity contribution in [2.24, 2.45) is 0 Å². The smallest absolute Gasteiger partial charge is 0.220 e. The maximum Gasteiger partial charge on any atom is 0.220 e. The van der Waals surface area contributed by atoms with Crippen LogP contribution in [0.25, 0.3) is 0 Å². The van der Waals surface area contributed by atoms with Crippen LogP contribution in [0.15, 0.2) is 60.8 Å². The fraction of sp³-hybridized carbons (Fsp3) is 0.744. The van der Waals surface area contributed by atoms with Crippen LogP contribution in [0.1, 0.15) is 187 Å². The van der Waals surface area contributed by atoms with Gasteiger partial charge in [0, 0.05) is 6.42 Å². The van der Waals surface area contributed by atoms with E-state index in [9.17, 15) is 15.0 Å². The molecule has 0 fully saturated rings. The van der Waals surface area contributed by atoms with Gasteiger partial charge in [0.25, 0.3) is 0 Å². The molecule has 2 atom stereocenters. The quantitative estimate of drug-likeness (QED) is 0.0470. The largest absolute Gasteiger partial charge is 0.394 e. The summed E-state index contributed by atoms with van der Waals surface area (Å²) in [6.07, 6.45) is 53.3. The maximum absolute atomic E-state index is 12.3. The van der Waals surface area contributed by atoms with E-state index in [0.717, 1.165) is 64.2 Å². The summed E-state index contributed by atoms with van der Waals surface area (Å²) in [6.45, 7) is 4.16. The first kappa shape index (κ1) is 45.1. The summed E-state index contributed by atoms with van der Waals surface area (Å²) in [5.41, 5.74) is 0. The molecule has 0 aliphatic carbocycles. The van der Waals surface area contributed by atoms with Gasteiger partial charge in [-0.3, -0.25) is 4.79 Å². The number of rotatable bonds is 35. The number of carbonyl (C=O) groups is 1. The number of hydrogen-bond acceptors (Lipinski definition) is 3. The van der Waals surface area contributed by atoms with Crippen LogP contribution >= 0.6 is 0 Å². The van der Waals surface area contributed by atoms with Crippen molar-refractivity contribution >= 4 is 5.91 Å². The molecular formula is C43H77NO3. The summed E-state index contributed by atoms with van der Waals surface area (Å²) >= 11 is 0. The minimum atomic E-state index is -0.875. The van der Waals surface area contributed by atoms with Crippen molar-refractivity contribution in [3.63, 3.8) is 0 Å². The Morgan fingerprint density at radius 3 is 1.49 bits per heavy atom. The van der Waals surface area contributed by atoms with Gasteiger partial charge in [-0.25, -0.2) is 0 Å². The van der Waals surface area contributed by atoms with Gasteiger partial charge < -0.3 is 15.5 Å². The third-order valence-corrected chi connectivity index (χ3v) is 8.73. The van der Waals surface area contributed by atoms with Gasteiger partial charge in [-0.2, -0.15) is 0 Å². The van der Waals surface area contributed by atoms with E-state index in [0.29, 0.717) is 6.42 Å². The summed E-state index contributed by atoms with van der Waals surface area (Å²) in [4.78, 5) is 12.3. The Kier molecular flexibility index (Phi) is 37.0. The molecule has 0 bridgehead atoms. The van der Waals surface area contributed by atoms with Crippen LogP contribution in [0.4, 0.5) is 0 Å². The second-order valence-electron chi connectivity index (χ2n) is 13.3. The molecule has 0 saturated carbocycles. The van der Waals surface area contributed by atoms with Gasteiger partial charge in [0.05, 0.1) is 18.8 Å². The monoisotopic (exact) mass is 656 g/mol. The first-order valence-corrected chi connectivity index (χ1v) is 20.0. The van der Waals surface area contributed by atoms with Crippen LogP contribution in [0.5, 0.6) is 0 Å². The SMILES string of the molecule is CC/C=C\C/C=C\C/C=C\CCCCCC(=O)NC(CO)C(O)/C=C/CC/C=C/CCCCCCCCCCCCCCCCCC. The molecule has 0 saturated heterocycles. The fourth-order valence-electron chi connectivity index (χ4n) is 5.68. The molecule has 4 nitrogen and oxygen atoms in total. The number of hydrogen-bond donors (Lipinski definition) is 3. The normalized spacial score (nSPS) is 13.7. The zero-order chi connectivity index (χ0) is 34.3. The number of amides is 1. The molecule has 0 aromatic heterocycles. The van der Waals surface area contributed by atoms with E-state index in [2.05, 4.69) is 67.8 Å². The third-order valence-electron chi connectivity index (χ3n) is 8.73. The summed E-state index contributed by atoms with van der Waals surface area (Å²) in [5.74, 6) is -0.105. The minimum Gasteiger partial charge on any atom is -0.394 e. The zero-order valence-corrected chi connectivity index (χ0v) is 31.0. The molecule has 0 aliphatic heterocycles. The van der Waals surface area contributed by atoms with Crippen molar-refractivity contribution in [2.75, 3.05) is 6.61 Å². The van der Waals surface area contributed by atoms with Crippen molar-refractivity contribution in [3.05, 3.63) is 60.8 Å². The molecule has 2 unspecified atom stereocenters. The van der Waals surface area contributed by atoms with Crippen molar-refractivity contribution in [3.8, 4) is 0 Å². The number of aliphatic hydroxyl groups excluding tert-OH is 2. The van der Waals surface area contributed by atoms with E-state index in [1.54, 1.807) is 6.08 Å². The van der Waals surface area contributed by atoms with Gasteiger partial charge in [-0.15, -0.1) is 0 Å². The van der Waals surface area contributed by atoms with Crippen LogP contribution in [-0.4, -0.2) is 34.9 Å². The highest BCUT2D eigenvalue weighted by molar-refractivity contribution is 5.76. The summed E-state index contributed by atoms with van der Waals surface area (Å²) in [5, 5.41) is 22.9. The minimum absolute atomic E-state index is 0.105. The Labute approximate surface area is 292 Å². The van der Waals surface area contributed by atoms with E-state index >= 15 is 0 Å². The third kappa shape index (κ3) is 35.2. The molecule has 272 valence electrons. The van der Waals surface area contributed by atoms with E-state index < -0.39 is 12.1 Å². The topological polar surface area (TPSA) is 69.6 Å². The first-order valence-electron chi connectivity index (χ1n) is 20.0. The Morgan fingerprint density at radius 1 is 0.532 bits per heavy atom. The molecule has 0 aromatic rings. The Balaban J connectivity index is 3.66. The van der Waals surface area contributed by atoms with Crippen molar-refractivity contribution in [1.82, 2.24) is 5.32 Å². The van der Waals surface area contributed by atoms with Crippen molar-refractivity contribution in [2.45, 2.75) is 199 Å². The first-order chi connectivity index (χ1) is 23.2. The highest BCUT2D eigenvalue weighted by atomic mass is 16.3. The Hall–Kier alpha value is -1.91. The molecular weight excluding hydrogens is 578 g/mol. The molecule has 3 N–H and O–H groups in total. The van der Waals surface area contributed by atoms with Gasteiger partial charge in [0.2, 0.25) is 5.91 Å². The van der Waals surface area contributed by atoms with Gasteiger partial charge in [0.1, 0.15) is 0 Å². The lowest BCUT2D eigenvalue weighted by molar-refractivity contribution is -0.123. The Morgan fingerprint density at radius 2 is 0.957 bits per heavy atom. The summed E-state index contributed by atoms with van der Waals surface area (Å²) in [7, 11) is 0. The average Bonchev–Trinajstić information content (AvgIpc) is 3.07. The van der Waals surface area contributed by atoms with Gasteiger partial charge in [-0.1, -0.05) is 177 Å². The fourth-order valence-corrected chi connectivity index (χ4v) is 5.68. The molecule has 4 heteroatoms. The second-order valence-corrected chi connectivity index (χ2v) is 13.3. The van der Waals surface area contributed by atoms with Gasteiger partial charge in [0.15, 0.2) is 0 Å². The number of carbonyl (C=O) groups excluding carboxylic acids is 1. The highest BCUT2D eigenvalue weighted by Gasteiger charge is 2.17.